The molecule has 3 nitrogen and oxygen atoms in total. The van der Waals surface area contributed by atoms with E-state index in [1.165, 1.54) is 0 Å². The quantitative estimate of drug-likeness (QED) is 0.723. The Balaban J connectivity index is 2.09. The second-order valence-corrected chi connectivity index (χ2v) is 5.37. The van der Waals surface area contributed by atoms with E-state index in [1.807, 2.05) is 0 Å². The first-order chi connectivity index (χ1) is 8.84. The van der Waals surface area contributed by atoms with Crippen LogP contribution in [0, 0.1) is 0 Å². The van der Waals surface area contributed by atoms with Crippen LogP contribution in [0.4, 0.5) is 17.6 Å². The van der Waals surface area contributed by atoms with E-state index < -0.39 is 24.3 Å². The average molecular weight is 282 g/mol. The Morgan fingerprint density at radius 3 is 2.58 bits per heavy atom. The molecular formula is C12H18F4N2O. The van der Waals surface area contributed by atoms with E-state index in [0.29, 0.717) is 6.54 Å². The third-order valence-corrected chi connectivity index (χ3v) is 4.01. The van der Waals surface area contributed by atoms with Crippen molar-refractivity contribution < 1.29 is 22.4 Å². The van der Waals surface area contributed by atoms with Crippen LogP contribution < -0.4 is 0 Å². The van der Waals surface area contributed by atoms with Gasteiger partial charge in [0.05, 0.1) is 0 Å². The van der Waals surface area contributed by atoms with E-state index in [4.69, 9.17) is 0 Å². The number of halogens is 4. The Bertz CT molecular complexity index is 351. The minimum atomic E-state index is -4.58. The second kappa shape index (κ2) is 5.26. The molecule has 0 aliphatic carbocycles. The fraction of sp³-hybridized carbons (Fsp3) is 0.917. The van der Waals surface area contributed by atoms with E-state index >= 15 is 0 Å². The molecule has 2 atom stereocenters. The van der Waals surface area contributed by atoms with Gasteiger partial charge in [0.2, 0.25) is 0 Å². The van der Waals surface area contributed by atoms with Crippen molar-refractivity contribution in [2.45, 2.75) is 50.6 Å². The Hall–Kier alpha value is -0.850. The molecule has 7 heteroatoms. The second-order valence-electron chi connectivity index (χ2n) is 5.37. The van der Waals surface area contributed by atoms with Crippen LogP contribution in [0.3, 0.4) is 0 Å². The Morgan fingerprint density at radius 1 is 1.26 bits per heavy atom. The lowest BCUT2D eigenvalue weighted by Crippen LogP contribution is -2.63. The summed E-state index contributed by atoms with van der Waals surface area (Å²) in [6, 6.07) is -0.422. The van der Waals surface area contributed by atoms with Crippen molar-refractivity contribution in [2.75, 3.05) is 19.6 Å². The van der Waals surface area contributed by atoms with Gasteiger partial charge in [-0.25, -0.2) is 8.78 Å². The Labute approximate surface area is 109 Å². The highest BCUT2D eigenvalue weighted by Gasteiger charge is 2.53. The standard InChI is InChI=1S/C12H18F4N2O/c1-8-6-17-5-3-2-4-9(17)7-18(8)11(19)12(15,16)10(13)14/h8-10H,2-7H2,1H3. The molecule has 0 aromatic heterocycles. The van der Waals surface area contributed by atoms with E-state index in [-0.39, 0.29) is 12.6 Å². The minimum Gasteiger partial charge on any atom is -0.332 e. The highest BCUT2D eigenvalue weighted by Crippen LogP contribution is 2.30. The average Bonchev–Trinajstić information content (AvgIpc) is 2.36. The molecule has 0 aromatic rings. The van der Waals surface area contributed by atoms with Gasteiger partial charge >= 0.3 is 12.3 Å². The normalized spacial score (nSPS) is 29.5. The number of rotatable bonds is 2. The Morgan fingerprint density at radius 2 is 1.95 bits per heavy atom. The van der Waals surface area contributed by atoms with Gasteiger partial charge in [-0.05, 0) is 26.3 Å². The number of hydrogen-bond acceptors (Lipinski definition) is 2. The van der Waals surface area contributed by atoms with Crippen molar-refractivity contribution in [3.63, 3.8) is 0 Å². The molecule has 2 saturated heterocycles. The molecule has 2 heterocycles. The van der Waals surface area contributed by atoms with E-state index in [9.17, 15) is 22.4 Å². The first-order valence-corrected chi connectivity index (χ1v) is 6.55. The summed E-state index contributed by atoms with van der Waals surface area (Å²) in [5, 5.41) is 0. The van der Waals surface area contributed by atoms with Crippen LogP contribution in [0.5, 0.6) is 0 Å². The maximum absolute atomic E-state index is 13.2. The zero-order valence-corrected chi connectivity index (χ0v) is 10.8. The summed E-state index contributed by atoms with van der Waals surface area (Å²) in [7, 11) is 0. The third kappa shape index (κ3) is 2.70. The highest BCUT2D eigenvalue weighted by molar-refractivity contribution is 5.84. The van der Waals surface area contributed by atoms with Gasteiger partial charge in [-0.1, -0.05) is 6.42 Å². The molecule has 19 heavy (non-hydrogen) atoms. The third-order valence-electron chi connectivity index (χ3n) is 4.01. The number of carbonyl (C=O) groups is 1. The minimum absolute atomic E-state index is 0.0300. The summed E-state index contributed by atoms with van der Waals surface area (Å²) in [5.74, 6) is -6.31. The van der Waals surface area contributed by atoms with Crippen molar-refractivity contribution in [1.29, 1.82) is 0 Å². The van der Waals surface area contributed by atoms with Gasteiger partial charge in [0.15, 0.2) is 0 Å². The first-order valence-electron chi connectivity index (χ1n) is 6.55. The number of alkyl halides is 4. The zero-order chi connectivity index (χ0) is 14.2. The highest BCUT2D eigenvalue weighted by atomic mass is 19.3. The molecule has 2 fully saturated rings. The molecule has 0 radical (unpaired) electrons. The smallest absolute Gasteiger partial charge is 0.332 e. The first kappa shape index (κ1) is 14.6. The lowest BCUT2D eigenvalue weighted by molar-refractivity contribution is -0.186. The predicted molar refractivity (Wildman–Crippen MR) is 61.3 cm³/mol. The molecule has 1 amide bonds. The molecule has 0 N–H and O–H groups in total. The summed E-state index contributed by atoms with van der Waals surface area (Å²) in [5.41, 5.74) is 0. The van der Waals surface area contributed by atoms with Gasteiger partial charge in [-0.3, -0.25) is 9.69 Å². The molecule has 2 aliphatic heterocycles. The van der Waals surface area contributed by atoms with Gasteiger partial charge in [-0.2, -0.15) is 8.78 Å². The molecule has 0 aromatic carbocycles. The van der Waals surface area contributed by atoms with E-state index in [0.717, 1.165) is 30.7 Å². The fourth-order valence-electron chi connectivity index (χ4n) is 2.92. The monoisotopic (exact) mass is 282 g/mol. The molecule has 2 aliphatic rings. The van der Waals surface area contributed by atoms with E-state index in [2.05, 4.69) is 4.90 Å². The van der Waals surface area contributed by atoms with Crippen molar-refractivity contribution in [3.05, 3.63) is 0 Å². The number of amides is 1. The largest absolute Gasteiger partial charge is 0.383 e. The maximum Gasteiger partial charge on any atom is 0.383 e. The molecular weight excluding hydrogens is 264 g/mol. The van der Waals surface area contributed by atoms with Crippen molar-refractivity contribution in [2.24, 2.45) is 0 Å². The van der Waals surface area contributed by atoms with Crippen molar-refractivity contribution >= 4 is 5.91 Å². The zero-order valence-electron chi connectivity index (χ0n) is 10.8. The SMILES string of the molecule is CC1CN2CCCCC2CN1C(=O)C(F)(F)C(F)F. The van der Waals surface area contributed by atoms with Crippen molar-refractivity contribution in [3.8, 4) is 0 Å². The van der Waals surface area contributed by atoms with Gasteiger partial charge in [-0.15, -0.1) is 0 Å². The molecule has 2 rings (SSSR count). The van der Waals surface area contributed by atoms with Crippen molar-refractivity contribution in [1.82, 2.24) is 9.80 Å². The number of hydrogen-bond donors (Lipinski definition) is 0. The summed E-state index contributed by atoms with van der Waals surface area (Å²) in [6.07, 6.45) is -1.07. The number of carbonyl (C=O) groups excluding carboxylic acids is 1. The molecule has 0 spiro atoms. The van der Waals surface area contributed by atoms with Crippen LogP contribution in [0.15, 0.2) is 0 Å². The lowest BCUT2D eigenvalue weighted by atomic mass is 9.96. The topological polar surface area (TPSA) is 23.6 Å². The molecule has 2 unspecified atom stereocenters. The predicted octanol–water partition coefficient (Wildman–Crippen LogP) is 1.97. The molecule has 0 saturated carbocycles. The van der Waals surface area contributed by atoms with Gasteiger partial charge < -0.3 is 4.90 Å². The maximum atomic E-state index is 13.2. The number of nitrogens with zero attached hydrogens (tertiary/aromatic N) is 2. The van der Waals surface area contributed by atoms with Gasteiger partial charge in [0, 0.05) is 25.2 Å². The van der Waals surface area contributed by atoms with Crippen LogP contribution >= 0.6 is 0 Å². The Kier molecular flexibility index (Phi) is 4.03. The van der Waals surface area contributed by atoms with Gasteiger partial charge in [0.25, 0.3) is 5.91 Å². The number of fused-ring (bicyclic) bond motifs is 1. The lowest BCUT2D eigenvalue weighted by Gasteiger charge is -2.48. The summed E-state index contributed by atoms with van der Waals surface area (Å²) >= 11 is 0. The number of piperidine rings is 1. The molecule has 0 bridgehead atoms. The van der Waals surface area contributed by atoms with Crippen LogP contribution in [0.25, 0.3) is 0 Å². The van der Waals surface area contributed by atoms with Crippen LogP contribution in [-0.2, 0) is 4.79 Å². The number of piperazine rings is 1. The van der Waals surface area contributed by atoms with Crippen LogP contribution in [-0.4, -0.2) is 59.8 Å². The van der Waals surface area contributed by atoms with Crippen LogP contribution in [0.1, 0.15) is 26.2 Å². The van der Waals surface area contributed by atoms with E-state index in [1.54, 1.807) is 6.92 Å². The summed E-state index contributed by atoms with van der Waals surface area (Å²) in [6.45, 7) is 3.13. The summed E-state index contributed by atoms with van der Waals surface area (Å²) in [4.78, 5) is 14.7. The summed E-state index contributed by atoms with van der Waals surface area (Å²) < 4.78 is 50.9. The van der Waals surface area contributed by atoms with Crippen LogP contribution in [0.2, 0.25) is 0 Å². The fourth-order valence-corrected chi connectivity index (χ4v) is 2.92. The van der Waals surface area contributed by atoms with Gasteiger partial charge in [0.1, 0.15) is 0 Å². The molecule has 110 valence electrons.